The van der Waals surface area contributed by atoms with E-state index in [-0.39, 0.29) is 18.7 Å². The molecule has 4 nitrogen and oxygen atoms in total. The number of hydrogen-bond donors (Lipinski definition) is 1. The number of nitrogens with two attached hydrogens (primary N) is 1. The van der Waals surface area contributed by atoms with Crippen LogP contribution in [0.3, 0.4) is 0 Å². The average molecular weight is 307 g/mol. The van der Waals surface area contributed by atoms with Crippen molar-refractivity contribution in [3.05, 3.63) is 28.8 Å². The second-order valence-electron chi connectivity index (χ2n) is 4.44. The summed E-state index contributed by atoms with van der Waals surface area (Å²) in [5, 5.41) is -0.557. The van der Waals surface area contributed by atoms with Gasteiger partial charge in [-0.05, 0) is 12.1 Å². The third-order valence-corrected chi connectivity index (χ3v) is 3.50. The first-order chi connectivity index (χ1) is 9.21. The van der Waals surface area contributed by atoms with Crippen LogP contribution in [0.2, 0.25) is 5.02 Å². The van der Waals surface area contributed by atoms with Crippen LogP contribution in [0.25, 0.3) is 0 Å². The molecule has 2 rings (SSSR count). The van der Waals surface area contributed by atoms with Crippen LogP contribution in [0.4, 0.5) is 18.9 Å². The van der Waals surface area contributed by atoms with Crippen LogP contribution in [0.5, 0.6) is 0 Å². The molecule has 1 fully saturated rings. The van der Waals surface area contributed by atoms with Gasteiger partial charge in [0.2, 0.25) is 11.8 Å². The number of alkyl halides is 3. The summed E-state index contributed by atoms with van der Waals surface area (Å²) >= 11 is 5.74. The molecule has 2 N–H and O–H groups in total. The molecule has 1 atom stereocenters. The highest BCUT2D eigenvalue weighted by Crippen LogP contribution is 2.40. The molecule has 0 aliphatic carbocycles. The molecule has 1 unspecified atom stereocenters. The summed E-state index contributed by atoms with van der Waals surface area (Å²) < 4.78 is 38.3. The Morgan fingerprint density at radius 2 is 2.05 bits per heavy atom. The van der Waals surface area contributed by atoms with Gasteiger partial charge >= 0.3 is 6.18 Å². The fourth-order valence-corrected chi connectivity index (χ4v) is 2.41. The van der Waals surface area contributed by atoms with Gasteiger partial charge in [-0.2, -0.15) is 13.2 Å². The minimum Gasteiger partial charge on any atom is -0.369 e. The zero-order valence-electron chi connectivity index (χ0n) is 10.1. The van der Waals surface area contributed by atoms with E-state index < -0.39 is 34.5 Å². The number of benzene rings is 1. The van der Waals surface area contributed by atoms with Crippen LogP contribution in [-0.4, -0.2) is 18.4 Å². The van der Waals surface area contributed by atoms with E-state index in [2.05, 4.69) is 0 Å². The van der Waals surface area contributed by atoms with Gasteiger partial charge in [0.05, 0.1) is 22.2 Å². The van der Waals surface area contributed by atoms with Gasteiger partial charge in [-0.1, -0.05) is 17.7 Å². The van der Waals surface area contributed by atoms with Crippen molar-refractivity contribution in [1.29, 1.82) is 0 Å². The summed E-state index contributed by atoms with van der Waals surface area (Å²) in [5.74, 6) is -1.85. The molecule has 1 aliphatic rings. The van der Waals surface area contributed by atoms with E-state index in [1.54, 1.807) is 0 Å². The molecule has 1 aliphatic heterocycles. The van der Waals surface area contributed by atoms with Crippen LogP contribution in [0.1, 0.15) is 12.0 Å². The zero-order chi connectivity index (χ0) is 15.1. The minimum atomic E-state index is -4.61. The van der Waals surface area contributed by atoms with Crippen molar-refractivity contribution < 1.29 is 22.8 Å². The predicted octanol–water partition coefficient (Wildman–Crippen LogP) is 2.20. The van der Waals surface area contributed by atoms with Crippen molar-refractivity contribution in [2.45, 2.75) is 12.6 Å². The quantitative estimate of drug-likeness (QED) is 0.910. The van der Waals surface area contributed by atoms with E-state index in [4.69, 9.17) is 17.3 Å². The van der Waals surface area contributed by atoms with Gasteiger partial charge in [0.15, 0.2) is 0 Å². The lowest BCUT2D eigenvalue weighted by Gasteiger charge is -2.20. The maximum Gasteiger partial charge on any atom is 0.417 e. The van der Waals surface area contributed by atoms with Crippen LogP contribution >= 0.6 is 11.6 Å². The molecule has 0 aromatic heterocycles. The Balaban J connectivity index is 2.40. The highest BCUT2D eigenvalue weighted by molar-refractivity contribution is 6.34. The van der Waals surface area contributed by atoms with Gasteiger partial charge in [-0.3, -0.25) is 9.59 Å². The first kappa shape index (κ1) is 14.6. The molecular formula is C12H10ClF3N2O2. The topological polar surface area (TPSA) is 63.4 Å². The summed E-state index contributed by atoms with van der Waals surface area (Å²) in [6.07, 6.45) is -4.74. The lowest BCUT2D eigenvalue weighted by molar-refractivity contribution is -0.137. The molecule has 1 heterocycles. The van der Waals surface area contributed by atoms with Crippen molar-refractivity contribution in [2.75, 3.05) is 11.4 Å². The van der Waals surface area contributed by atoms with Crippen molar-refractivity contribution in [3.63, 3.8) is 0 Å². The Bertz CT molecular complexity index is 574. The first-order valence-corrected chi connectivity index (χ1v) is 6.05. The van der Waals surface area contributed by atoms with Gasteiger partial charge in [0.1, 0.15) is 0 Å². The fraction of sp³-hybridized carbons (Fsp3) is 0.333. The number of halogens is 4. The Hall–Kier alpha value is -1.76. The molecule has 2 amide bonds. The second kappa shape index (κ2) is 4.97. The lowest BCUT2D eigenvalue weighted by Crippen LogP contribution is -2.28. The number of primary amides is 1. The number of rotatable bonds is 2. The van der Waals surface area contributed by atoms with Gasteiger partial charge in [0, 0.05) is 13.0 Å². The summed E-state index contributed by atoms with van der Waals surface area (Å²) in [6, 6.07) is 3.30. The van der Waals surface area contributed by atoms with Crippen molar-refractivity contribution in [2.24, 2.45) is 11.7 Å². The molecule has 0 saturated carbocycles. The summed E-state index contributed by atoms with van der Waals surface area (Å²) in [6.45, 7) is -0.0603. The van der Waals surface area contributed by atoms with E-state index in [9.17, 15) is 22.8 Å². The smallest absolute Gasteiger partial charge is 0.369 e. The average Bonchev–Trinajstić information content (AvgIpc) is 2.70. The summed E-state index contributed by atoms with van der Waals surface area (Å²) in [7, 11) is 0. The Kier molecular flexibility index (Phi) is 3.64. The number of carbonyl (C=O) groups excluding carboxylic acids is 2. The second-order valence-corrected chi connectivity index (χ2v) is 4.82. The number of anilines is 1. The van der Waals surface area contributed by atoms with E-state index in [0.717, 1.165) is 17.0 Å². The van der Waals surface area contributed by atoms with Crippen molar-refractivity contribution >= 4 is 29.1 Å². The molecule has 0 bridgehead atoms. The molecule has 108 valence electrons. The van der Waals surface area contributed by atoms with Gasteiger partial charge in [-0.15, -0.1) is 0 Å². The molecule has 0 radical (unpaired) electrons. The zero-order valence-corrected chi connectivity index (χ0v) is 10.8. The standard InChI is InChI=1S/C12H10ClF3N2O2/c13-10-7(12(14,15)16)2-1-3-8(10)18-5-6(11(17)20)4-9(18)19/h1-3,6H,4-5H2,(H2,17,20). The Morgan fingerprint density at radius 3 is 2.55 bits per heavy atom. The van der Waals surface area contributed by atoms with Crippen LogP contribution in [0, 0.1) is 5.92 Å². The molecule has 1 saturated heterocycles. The predicted molar refractivity (Wildman–Crippen MR) is 66.1 cm³/mol. The van der Waals surface area contributed by atoms with E-state index in [1.807, 2.05) is 0 Å². The van der Waals surface area contributed by atoms with Crippen LogP contribution < -0.4 is 10.6 Å². The van der Waals surface area contributed by atoms with Gasteiger partial charge in [0.25, 0.3) is 0 Å². The van der Waals surface area contributed by atoms with Gasteiger partial charge in [-0.25, -0.2) is 0 Å². The molecule has 20 heavy (non-hydrogen) atoms. The fourth-order valence-electron chi connectivity index (χ4n) is 2.08. The van der Waals surface area contributed by atoms with Crippen LogP contribution in [-0.2, 0) is 15.8 Å². The summed E-state index contributed by atoms with van der Waals surface area (Å²) in [5.41, 5.74) is 4.03. The van der Waals surface area contributed by atoms with E-state index >= 15 is 0 Å². The van der Waals surface area contributed by atoms with E-state index in [1.165, 1.54) is 6.07 Å². The minimum absolute atomic E-state index is 0.0600. The number of nitrogens with zero attached hydrogens (tertiary/aromatic N) is 1. The highest BCUT2D eigenvalue weighted by atomic mass is 35.5. The van der Waals surface area contributed by atoms with E-state index in [0.29, 0.717) is 0 Å². The normalized spacial score (nSPS) is 19.5. The maximum absolute atomic E-state index is 12.8. The Labute approximate surface area is 117 Å². The number of amides is 2. The van der Waals surface area contributed by atoms with Gasteiger partial charge < -0.3 is 10.6 Å². The molecular weight excluding hydrogens is 297 g/mol. The molecule has 8 heteroatoms. The number of hydrogen-bond acceptors (Lipinski definition) is 2. The third-order valence-electron chi connectivity index (χ3n) is 3.10. The molecule has 1 aromatic carbocycles. The Morgan fingerprint density at radius 1 is 1.40 bits per heavy atom. The monoisotopic (exact) mass is 306 g/mol. The van der Waals surface area contributed by atoms with Crippen LogP contribution in [0.15, 0.2) is 18.2 Å². The third kappa shape index (κ3) is 2.58. The van der Waals surface area contributed by atoms with Crippen molar-refractivity contribution in [1.82, 2.24) is 0 Å². The molecule has 1 aromatic rings. The largest absolute Gasteiger partial charge is 0.417 e. The first-order valence-electron chi connectivity index (χ1n) is 5.67. The summed E-state index contributed by atoms with van der Waals surface area (Å²) in [4.78, 5) is 23.9. The number of carbonyl (C=O) groups is 2. The van der Waals surface area contributed by atoms with Crippen molar-refractivity contribution in [3.8, 4) is 0 Å². The SMILES string of the molecule is NC(=O)C1CC(=O)N(c2cccc(C(F)(F)F)c2Cl)C1. The molecule has 0 spiro atoms. The maximum atomic E-state index is 12.8. The highest BCUT2D eigenvalue weighted by Gasteiger charge is 2.38. The lowest BCUT2D eigenvalue weighted by atomic mass is 10.1.